The van der Waals surface area contributed by atoms with Crippen molar-refractivity contribution in [2.24, 2.45) is 0 Å². The van der Waals surface area contributed by atoms with E-state index >= 15 is 0 Å². The SMILES string of the molecule is CCN(CC)C(=O)c1ccnc(NC(C)c2ccccc2)n1. The maximum atomic E-state index is 12.3. The van der Waals surface area contributed by atoms with Crippen molar-refractivity contribution in [2.45, 2.75) is 26.8 Å². The summed E-state index contributed by atoms with van der Waals surface area (Å²) in [5, 5.41) is 3.24. The van der Waals surface area contributed by atoms with E-state index in [0.717, 1.165) is 5.56 Å². The van der Waals surface area contributed by atoms with Crippen LogP contribution in [0.2, 0.25) is 0 Å². The van der Waals surface area contributed by atoms with Crippen molar-refractivity contribution in [3.8, 4) is 0 Å². The molecular formula is C17H22N4O. The average molecular weight is 298 g/mol. The molecule has 1 N–H and O–H groups in total. The molecule has 0 spiro atoms. The van der Waals surface area contributed by atoms with Crippen LogP contribution in [0.15, 0.2) is 42.6 Å². The molecule has 0 saturated heterocycles. The highest BCUT2D eigenvalue weighted by Crippen LogP contribution is 2.16. The Balaban J connectivity index is 2.13. The number of rotatable bonds is 6. The Kier molecular flexibility index (Phi) is 5.47. The van der Waals surface area contributed by atoms with Crippen LogP contribution >= 0.6 is 0 Å². The second-order valence-corrected chi connectivity index (χ2v) is 5.02. The number of benzene rings is 1. The topological polar surface area (TPSA) is 58.1 Å². The van der Waals surface area contributed by atoms with Crippen molar-refractivity contribution >= 4 is 11.9 Å². The Morgan fingerprint density at radius 3 is 2.50 bits per heavy atom. The van der Waals surface area contributed by atoms with Gasteiger partial charge in [0, 0.05) is 19.3 Å². The third-order valence-electron chi connectivity index (χ3n) is 3.57. The fourth-order valence-corrected chi connectivity index (χ4v) is 2.24. The molecule has 22 heavy (non-hydrogen) atoms. The predicted octanol–water partition coefficient (Wildman–Crippen LogP) is 3.13. The zero-order valence-electron chi connectivity index (χ0n) is 13.3. The first-order valence-electron chi connectivity index (χ1n) is 7.59. The van der Waals surface area contributed by atoms with Crippen molar-refractivity contribution in [1.82, 2.24) is 14.9 Å². The highest BCUT2D eigenvalue weighted by atomic mass is 16.2. The van der Waals surface area contributed by atoms with Crippen molar-refractivity contribution in [3.63, 3.8) is 0 Å². The average Bonchev–Trinajstić information content (AvgIpc) is 2.57. The van der Waals surface area contributed by atoms with E-state index in [1.807, 2.05) is 51.1 Å². The molecule has 5 heteroatoms. The molecule has 116 valence electrons. The molecule has 1 atom stereocenters. The van der Waals surface area contributed by atoms with Gasteiger partial charge < -0.3 is 10.2 Å². The second-order valence-electron chi connectivity index (χ2n) is 5.02. The van der Waals surface area contributed by atoms with E-state index in [0.29, 0.717) is 24.7 Å². The third kappa shape index (κ3) is 3.81. The lowest BCUT2D eigenvalue weighted by molar-refractivity contribution is 0.0767. The van der Waals surface area contributed by atoms with Crippen LogP contribution in [0.1, 0.15) is 42.9 Å². The molecule has 5 nitrogen and oxygen atoms in total. The molecule has 0 bridgehead atoms. The number of anilines is 1. The van der Waals surface area contributed by atoms with Gasteiger partial charge in [0.25, 0.3) is 5.91 Å². The van der Waals surface area contributed by atoms with Crippen LogP contribution in [0.25, 0.3) is 0 Å². The first-order chi connectivity index (χ1) is 10.7. The van der Waals surface area contributed by atoms with Crippen molar-refractivity contribution < 1.29 is 4.79 Å². The summed E-state index contributed by atoms with van der Waals surface area (Å²) in [6.07, 6.45) is 1.61. The summed E-state index contributed by atoms with van der Waals surface area (Å²) < 4.78 is 0. The number of amides is 1. The monoisotopic (exact) mass is 298 g/mol. The fourth-order valence-electron chi connectivity index (χ4n) is 2.24. The van der Waals surface area contributed by atoms with E-state index in [9.17, 15) is 4.79 Å². The zero-order chi connectivity index (χ0) is 15.9. The third-order valence-corrected chi connectivity index (χ3v) is 3.57. The van der Waals surface area contributed by atoms with E-state index < -0.39 is 0 Å². The van der Waals surface area contributed by atoms with Gasteiger partial charge in [0.2, 0.25) is 5.95 Å². The lowest BCUT2D eigenvalue weighted by Gasteiger charge is -2.19. The minimum absolute atomic E-state index is 0.0668. The fraction of sp³-hybridized carbons (Fsp3) is 0.353. The van der Waals surface area contributed by atoms with Gasteiger partial charge in [-0.15, -0.1) is 0 Å². The largest absolute Gasteiger partial charge is 0.348 e. The molecule has 0 saturated carbocycles. The Morgan fingerprint density at radius 2 is 1.86 bits per heavy atom. The quantitative estimate of drug-likeness (QED) is 0.890. The Morgan fingerprint density at radius 1 is 1.18 bits per heavy atom. The Hall–Kier alpha value is -2.43. The van der Waals surface area contributed by atoms with Gasteiger partial charge in [0.1, 0.15) is 5.69 Å². The molecule has 1 aromatic carbocycles. The summed E-state index contributed by atoms with van der Waals surface area (Å²) in [7, 11) is 0. The Bertz CT molecular complexity index is 611. The normalized spacial score (nSPS) is 11.8. The molecule has 1 amide bonds. The first kappa shape index (κ1) is 15.9. The van der Waals surface area contributed by atoms with Gasteiger partial charge in [-0.25, -0.2) is 9.97 Å². The van der Waals surface area contributed by atoms with Crippen LogP contribution in [0.3, 0.4) is 0 Å². The molecule has 1 aromatic heterocycles. The van der Waals surface area contributed by atoms with Gasteiger partial charge in [0.05, 0.1) is 6.04 Å². The number of carbonyl (C=O) groups excluding carboxylic acids is 1. The van der Waals surface area contributed by atoms with Gasteiger partial charge in [-0.2, -0.15) is 0 Å². The molecule has 0 radical (unpaired) electrons. The molecule has 0 aliphatic heterocycles. The maximum absolute atomic E-state index is 12.3. The molecule has 0 fully saturated rings. The van der Waals surface area contributed by atoms with Gasteiger partial charge in [0.15, 0.2) is 0 Å². The van der Waals surface area contributed by atoms with Crippen LogP contribution in [0, 0.1) is 0 Å². The van der Waals surface area contributed by atoms with Crippen LogP contribution < -0.4 is 5.32 Å². The number of nitrogens with zero attached hydrogens (tertiary/aromatic N) is 3. The minimum atomic E-state index is -0.0668. The zero-order valence-corrected chi connectivity index (χ0v) is 13.3. The maximum Gasteiger partial charge on any atom is 0.272 e. The number of carbonyl (C=O) groups is 1. The summed E-state index contributed by atoms with van der Waals surface area (Å²) in [5.41, 5.74) is 1.56. The van der Waals surface area contributed by atoms with Gasteiger partial charge in [-0.05, 0) is 32.4 Å². The number of nitrogens with one attached hydrogen (secondary N) is 1. The Labute approximate surface area is 131 Å². The lowest BCUT2D eigenvalue weighted by atomic mass is 10.1. The molecule has 1 unspecified atom stereocenters. The standard InChI is InChI=1S/C17H22N4O/c1-4-21(5-2)16(22)15-11-12-18-17(20-15)19-13(3)14-9-7-6-8-10-14/h6-13H,4-5H2,1-3H3,(H,18,19,20). The van der Waals surface area contributed by atoms with E-state index in [-0.39, 0.29) is 11.9 Å². The number of hydrogen-bond acceptors (Lipinski definition) is 4. The van der Waals surface area contributed by atoms with E-state index in [4.69, 9.17) is 0 Å². The summed E-state index contributed by atoms with van der Waals surface area (Å²) in [4.78, 5) is 22.6. The van der Waals surface area contributed by atoms with Gasteiger partial charge in [-0.3, -0.25) is 4.79 Å². The van der Waals surface area contributed by atoms with Gasteiger partial charge >= 0.3 is 0 Å². The highest BCUT2D eigenvalue weighted by molar-refractivity contribution is 5.92. The summed E-state index contributed by atoms with van der Waals surface area (Å²) in [5.74, 6) is 0.400. The van der Waals surface area contributed by atoms with Crippen molar-refractivity contribution in [2.75, 3.05) is 18.4 Å². The smallest absolute Gasteiger partial charge is 0.272 e. The molecule has 2 aromatic rings. The second kappa shape index (κ2) is 7.54. The van der Waals surface area contributed by atoms with Gasteiger partial charge in [-0.1, -0.05) is 30.3 Å². The summed E-state index contributed by atoms with van der Waals surface area (Å²) in [6, 6.07) is 11.8. The van der Waals surface area contributed by atoms with Crippen LogP contribution in [0.5, 0.6) is 0 Å². The molecule has 1 heterocycles. The van der Waals surface area contributed by atoms with Crippen LogP contribution in [-0.4, -0.2) is 33.9 Å². The van der Waals surface area contributed by atoms with Crippen molar-refractivity contribution in [1.29, 1.82) is 0 Å². The van der Waals surface area contributed by atoms with E-state index in [2.05, 4.69) is 15.3 Å². The van der Waals surface area contributed by atoms with Crippen molar-refractivity contribution in [3.05, 3.63) is 53.9 Å². The molecule has 0 aliphatic carbocycles. The molecule has 2 rings (SSSR count). The number of hydrogen-bond donors (Lipinski definition) is 1. The lowest BCUT2D eigenvalue weighted by Crippen LogP contribution is -2.31. The number of aromatic nitrogens is 2. The minimum Gasteiger partial charge on any atom is -0.348 e. The summed E-state index contributed by atoms with van der Waals surface area (Å²) >= 11 is 0. The first-order valence-corrected chi connectivity index (χ1v) is 7.59. The van der Waals surface area contributed by atoms with Crippen LogP contribution in [0.4, 0.5) is 5.95 Å². The van der Waals surface area contributed by atoms with Crippen LogP contribution in [-0.2, 0) is 0 Å². The van der Waals surface area contributed by atoms with E-state index in [1.54, 1.807) is 17.2 Å². The predicted molar refractivity (Wildman–Crippen MR) is 87.8 cm³/mol. The molecule has 0 aliphatic rings. The van der Waals surface area contributed by atoms with E-state index in [1.165, 1.54) is 0 Å². The highest BCUT2D eigenvalue weighted by Gasteiger charge is 2.15. The summed E-state index contributed by atoms with van der Waals surface area (Å²) in [6.45, 7) is 7.29. The molecular weight excluding hydrogens is 276 g/mol.